The van der Waals surface area contributed by atoms with E-state index in [0.29, 0.717) is 31.6 Å². The van der Waals surface area contributed by atoms with Crippen LogP contribution < -0.4 is 0 Å². The predicted octanol–water partition coefficient (Wildman–Crippen LogP) is -1.55. The van der Waals surface area contributed by atoms with Gasteiger partial charge in [-0.1, -0.05) is 13.8 Å². The molecule has 0 bridgehead atoms. The second-order valence-electron chi connectivity index (χ2n) is 16.9. The van der Waals surface area contributed by atoms with Gasteiger partial charge in [0.15, 0.2) is 12.6 Å². The molecule has 7 aliphatic rings. The Morgan fingerprint density at radius 2 is 1.34 bits per heavy atom. The molecule has 7 fully saturated rings. The van der Waals surface area contributed by atoms with Gasteiger partial charge in [0.25, 0.3) is 0 Å². The van der Waals surface area contributed by atoms with Crippen LogP contribution in [0.15, 0.2) is 0 Å². The minimum Gasteiger partial charge on any atom is -0.465 e. The monoisotopic (exact) mass is 716 g/mol. The van der Waals surface area contributed by atoms with Crippen molar-refractivity contribution in [2.75, 3.05) is 19.8 Å². The smallest absolute Gasteiger partial charge is 0.306 e. The van der Waals surface area contributed by atoms with Crippen LogP contribution in [0.2, 0.25) is 0 Å². The molecule has 3 aliphatic heterocycles. The van der Waals surface area contributed by atoms with Crippen LogP contribution in [0.4, 0.5) is 0 Å². The summed E-state index contributed by atoms with van der Waals surface area (Å²) >= 11 is 0. The molecule has 15 nitrogen and oxygen atoms in total. The van der Waals surface area contributed by atoms with Gasteiger partial charge < -0.3 is 69.6 Å². The maximum absolute atomic E-state index is 12.4. The van der Waals surface area contributed by atoms with E-state index in [-0.39, 0.29) is 48.6 Å². The summed E-state index contributed by atoms with van der Waals surface area (Å²) in [5.74, 6) is 0.404. The van der Waals surface area contributed by atoms with Gasteiger partial charge >= 0.3 is 5.97 Å². The van der Waals surface area contributed by atoms with E-state index in [1.807, 2.05) is 0 Å². The fraction of sp³-hybridized carbons (Fsp3) is 0.971. The number of aliphatic hydroxyl groups is 9. The standard InChI is InChI=1S/C35H56O15/c1-32-7-3-17(47-30-28(43)26(41)29(22(14-37)49-30)50-31-27(42)25(40)24(39)21(13-36)48-31)12-34(32,44)9-4-18-19(32)5-8-33(2)20(18)6-10-35(33,45)16-11-23(38)46-15-16/h16-22,24-31,36-37,39-45H,3-15H2,1-2H3/t16-,17-,18+,19-,20+,21+,22+,24+,25-,26+,27+,28+,29+,30+,31-,32+,33-,34+,35+/m0/s1. The van der Waals surface area contributed by atoms with Crippen molar-refractivity contribution < 1.29 is 74.4 Å². The third-order valence-electron chi connectivity index (χ3n) is 14.8. The summed E-state index contributed by atoms with van der Waals surface area (Å²) in [5, 5.41) is 96.9. The van der Waals surface area contributed by atoms with Gasteiger partial charge in [-0.3, -0.25) is 4.79 Å². The summed E-state index contributed by atoms with van der Waals surface area (Å²) in [5.41, 5.74) is -2.75. The van der Waals surface area contributed by atoms with Crippen molar-refractivity contribution in [2.24, 2.45) is 34.5 Å². The quantitative estimate of drug-likeness (QED) is 0.107. The molecule has 0 aromatic rings. The van der Waals surface area contributed by atoms with Crippen molar-refractivity contribution >= 4 is 5.97 Å². The Bertz CT molecular complexity index is 1250. The number of carbonyl (C=O) groups excluding carboxylic acids is 1. The largest absolute Gasteiger partial charge is 0.465 e. The van der Waals surface area contributed by atoms with Gasteiger partial charge in [0.2, 0.25) is 0 Å². The zero-order valence-electron chi connectivity index (χ0n) is 28.8. The SMILES string of the molecule is C[C@]12CC[C@H]3[C@@H](CC[C@@]4(O)C[C@@H](O[C@@H]5O[C@H](CO)[C@@H](O[C@@H]6O[C@H](CO)[C@@H](O)[C@H](O)[C@H]6O)[C@H](O)[C@H]5O)CC[C@]34C)[C@H]1CC[C@@]2(O)[C@@H]1COC(=O)C1. The molecule has 7 rings (SSSR count). The Balaban J connectivity index is 1.00. The summed E-state index contributed by atoms with van der Waals surface area (Å²) in [6, 6.07) is 0. The molecule has 3 heterocycles. The van der Waals surface area contributed by atoms with E-state index in [4.69, 9.17) is 23.7 Å². The maximum Gasteiger partial charge on any atom is 0.306 e. The zero-order chi connectivity index (χ0) is 36.0. The minimum atomic E-state index is -1.76. The highest BCUT2D eigenvalue weighted by atomic mass is 16.7. The minimum absolute atomic E-state index is 0.193. The second kappa shape index (κ2) is 13.4. The molecule has 15 heteroatoms. The topological polar surface area (TPSA) is 245 Å². The van der Waals surface area contributed by atoms with Gasteiger partial charge in [-0.25, -0.2) is 0 Å². The van der Waals surface area contributed by atoms with Gasteiger partial charge in [0, 0.05) is 12.3 Å². The first-order chi connectivity index (χ1) is 23.6. The Morgan fingerprint density at radius 3 is 2.02 bits per heavy atom. The third kappa shape index (κ3) is 5.61. The number of hydrogen-bond acceptors (Lipinski definition) is 15. The van der Waals surface area contributed by atoms with Gasteiger partial charge in [-0.2, -0.15) is 0 Å². The average molecular weight is 717 g/mol. The number of ether oxygens (including phenoxy) is 5. The Labute approximate surface area is 291 Å². The summed E-state index contributed by atoms with van der Waals surface area (Å²) in [7, 11) is 0. The molecule has 4 aliphatic carbocycles. The van der Waals surface area contributed by atoms with Crippen LogP contribution in [0.3, 0.4) is 0 Å². The predicted molar refractivity (Wildman–Crippen MR) is 168 cm³/mol. The number of esters is 1. The van der Waals surface area contributed by atoms with E-state index in [0.717, 1.165) is 25.7 Å². The van der Waals surface area contributed by atoms with E-state index < -0.39 is 97.3 Å². The van der Waals surface area contributed by atoms with E-state index in [9.17, 15) is 50.8 Å². The molecule has 0 spiro atoms. The van der Waals surface area contributed by atoms with Gasteiger partial charge in [-0.05, 0) is 80.0 Å². The van der Waals surface area contributed by atoms with E-state index in [1.54, 1.807) is 0 Å². The molecule has 0 radical (unpaired) electrons. The molecule has 4 saturated carbocycles. The lowest BCUT2D eigenvalue weighted by molar-refractivity contribution is -0.365. The molecule has 9 N–H and O–H groups in total. The van der Waals surface area contributed by atoms with Crippen LogP contribution >= 0.6 is 0 Å². The number of rotatable bonds is 7. The van der Waals surface area contributed by atoms with Gasteiger partial charge in [0.1, 0.15) is 48.8 Å². The molecule has 50 heavy (non-hydrogen) atoms. The molecule has 3 saturated heterocycles. The number of fused-ring (bicyclic) bond motifs is 5. The molecular weight excluding hydrogens is 660 g/mol. The van der Waals surface area contributed by atoms with Crippen molar-refractivity contribution in [1.82, 2.24) is 0 Å². The van der Waals surface area contributed by atoms with Crippen molar-refractivity contribution in [3.8, 4) is 0 Å². The van der Waals surface area contributed by atoms with Crippen molar-refractivity contribution in [3.63, 3.8) is 0 Å². The Kier molecular flexibility index (Phi) is 9.96. The van der Waals surface area contributed by atoms with Crippen LogP contribution in [0, 0.1) is 34.5 Å². The molecule has 0 unspecified atom stereocenters. The zero-order valence-corrected chi connectivity index (χ0v) is 28.8. The first-order valence-electron chi connectivity index (χ1n) is 18.4. The summed E-state index contributed by atoms with van der Waals surface area (Å²) in [6.45, 7) is 3.28. The highest BCUT2D eigenvalue weighted by Gasteiger charge is 2.69. The van der Waals surface area contributed by atoms with Crippen molar-refractivity contribution in [2.45, 2.75) is 157 Å². The molecule has 0 aromatic heterocycles. The van der Waals surface area contributed by atoms with Crippen LogP contribution in [0.25, 0.3) is 0 Å². The summed E-state index contributed by atoms with van der Waals surface area (Å²) in [6.07, 6.45) is -9.58. The first kappa shape index (κ1) is 37.3. The Hall–Kier alpha value is -1.05. The van der Waals surface area contributed by atoms with Crippen molar-refractivity contribution in [3.05, 3.63) is 0 Å². The van der Waals surface area contributed by atoms with Crippen molar-refractivity contribution in [1.29, 1.82) is 0 Å². The summed E-state index contributed by atoms with van der Waals surface area (Å²) in [4.78, 5) is 12.0. The number of cyclic esters (lactones) is 1. The fourth-order valence-electron chi connectivity index (χ4n) is 11.7. The first-order valence-corrected chi connectivity index (χ1v) is 18.4. The lowest BCUT2D eigenvalue weighted by Gasteiger charge is -2.65. The second-order valence-corrected chi connectivity index (χ2v) is 16.9. The van der Waals surface area contributed by atoms with Crippen LogP contribution in [0.1, 0.15) is 78.1 Å². The maximum atomic E-state index is 12.4. The van der Waals surface area contributed by atoms with Crippen LogP contribution in [-0.4, -0.2) is 150 Å². The average Bonchev–Trinajstić information content (AvgIpc) is 3.65. The Morgan fingerprint density at radius 1 is 0.720 bits per heavy atom. The molecular formula is C35H56O15. The van der Waals surface area contributed by atoms with E-state index in [2.05, 4.69) is 13.8 Å². The normalized spacial score (nSPS) is 56.7. The van der Waals surface area contributed by atoms with Gasteiger partial charge in [0.05, 0.1) is 43.5 Å². The molecule has 0 aromatic carbocycles. The highest BCUT2D eigenvalue weighted by Crippen LogP contribution is 2.70. The van der Waals surface area contributed by atoms with Crippen LogP contribution in [-0.2, 0) is 28.5 Å². The molecule has 286 valence electrons. The van der Waals surface area contributed by atoms with Gasteiger partial charge in [-0.15, -0.1) is 0 Å². The number of aliphatic hydroxyl groups excluding tert-OH is 7. The van der Waals surface area contributed by atoms with Crippen LogP contribution in [0.5, 0.6) is 0 Å². The lowest BCUT2D eigenvalue weighted by atomic mass is 9.42. The lowest BCUT2D eigenvalue weighted by Crippen LogP contribution is -2.66. The van der Waals surface area contributed by atoms with E-state index in [1.165, 1.54) is 0 Å². The number of carbonyl (C=O) groups is 1. The third-order valence-corrected chi connectivity index (χ3v) is 14.8. The van der Waals surface area contributed by atoms with E-state index >= 15 is 0 Å². The molecule has 19 atom stereocenters. The highest BCUT2D eigenvalue weighted by molar-refractivity contribution is 5.71. The fourth-order valence-corrected chi connectivity index (χ4v) is 11.7. The number of hydrogen-bond donors (Lipinski definition) is 9. The molecule has 0 amide bonds. The summed E-state index contributed by atoms with van der Waals surface area (Å²) < 4.78 is 28.4.